The molecule has 0 spiro atoms. The quantitative estimate of drug-likeness (QED) is 0.219. The van der Waals surface area contributed by atoms with Crippen molar-refractivity contribution < 1.29 is 15.0 Å². The van der Waals surface area contributed by atoms with Crippen LogP contribution in [0.1, 0.15) is 71.1 Å². The lowest BCUT2D eigenvalue weighted by Crippen LogP contribution is -2.33. The molecule has 0 saturated heterocycles. The maximum Gasteiger partial charge on any atom is 0.220 e. The Labute approximate surface area is 177 Å². The average molecular weight is 404 g/mol. The molecule has 3 N–H and O–H groups in total. The van der Waals surface area contributed by atoms with E-state index in [1.165, 1.54) is 0 Å². The Morgan fingerprint density at radius 2 is 1.31 bits per heavy atom. The zero-order valence-electron chi connectivity index (χ0n) is 18.1. The molecule has 0 unspecified atom stereocenters. The smallest absolute Gasteiger partial charge is 0.220 e. The Hall–Kier alpha value is -1.91. The summed E-state index contributed by atoms with van der Waals surface area (Å²) in [5, 5.41) is 20.4. The molecule has 0 rings (SSSR count). The van der Waals surface area contributed by atoms with Gasteiger partial charge in [-0.1, -0.05) is 74.1 Å². The normalized spacial score (nSPS) is 13.6. The fourth-order valence-electron chi connectivity index (χ4n) is 2.48. The van der Waals surface area contributed by atoms with Crippen molar-refractivity contribution in [1.82, 2.24) is 5.32 Å². The highest BCUT2D eigenvalue weighted by Gasteiger charge is 2.04. The van der Waals surface area contributed by atoms with Crippen molar-refractivity contribution in [2.45, 2.75) is 77.2 Å². The van der Waals surface area contributed by atoms with Crippen LogP contribution in [0.4, 0.5) is 0 Å². The number of carbonyl (C=O) groups is 1. The molecule has 1 atom stereocenters. The molecule has 0 aromatic carbocycles. The fourth-order valence-corrected chi connectivity index (χ4v) is 2.48. The van der Waals surface area contributed by atoms with Crippen LogP contribution in [0.3, 0.4) is 0 Å². The number of rotatable bonds is 18. The molecule has 0 saturated carbocycles. The highest BCUT2D eigenvalue weighted by molar-refractivity contribution is 5.75. The van der Waals surface area contributed by atoms with Gasteiger partial charge in [0.05, 0.1) is 12.7 Å². The van der Waals surface area contributed by atoms with Gasteiger partial charge in [0.1, 0.15) is 0 Å². The monoisotopic (exact) mass is 403 g/mol. The van der Waals surface area contributed by atoms with Crippen molar-refractivity contribution in [1.29, 1.82) is 0 Å². The van der Waals surface area contributed by atoms with Gasteiger partial charge >= 0.3 is 0 Å². The van der Waals surface area contributed by atoms with Gasteiger partial charge in [0.2, 0.25) is 5.91 Å². The Morgan fingerprint density at radius 1 is 0.793 bits per heavy atom. The summed E-state index contributed by atoms with van der Waals surface area (Å²) < 4.78 is 0. The number of amides is 1. The van der Waals surface area contributed by atoms with E-state index in [2.05, 4.69) is 73.0 Å². The lowest BCUT2D eigenvalue weighted by molar-refractivity contribution is -0.121. The third-order valence-corrected chi connectivity index (χ3v) is 4.18. The summed E-state index contributed by atoms with van der Waals surface area (Å²) >= 11 is 0. The number of hydrogen-bond donors (Lipinski definition) is 3. The van der Waals surface area contributed by atoms with Crippen LogP contribution in [0.5, 0.6) is 0 Å². The first-order valence-electron chi connectivity index (χ1n) is 11.0. The summed E-state index contributed by atoms with van der Waals surface area (Å²) in [6.07, 6.45) is 30.7. The van der Waals surface area contributed by atoms with Crippen molar-refractivity contribution in [3.8, 4) is 0 Å². The summed E-state index contributed by atoms with van der Waals surface area (Å²) in [6.45, 7) is 1.94. The average Bonchev–Trinajstić information content (AvgIpc) is 2.73. The SMILES string of the molecule is CC/C=C\C/C=C\C/C=C\C/C=C\C/C=C\CCCCCC(=O)NC[C@H](O)CO. The number of hydrogen-bond acceptors (Lipinski definition) is 3. The summed E-state index contributed by atoms with van der Waals surface area (Å²) in [7, 11) is 0. The number of aliphatic hydroxyl groups excluding tert-OH is 2. The molecular weight excluding hydrogens is 362 g/mol. The van der Waals surface area contributed by atoms with Gasteiger partial charge in [0.25, 0.3) is 0 Å². The second-order valence-corrected chi connectivity index (χ2v) is 6.95. The van der Waals surface area contributed by atoms with Gasteiger partial charge in [-0.3, -0.25) is 4.79 Å². The molecule has 164 valence electrons. The van der Waals surface area contributed by atoms with E-state index in [1.54, 1.807) is 0 Å². The molecule has 1 amide bonds. The van der Waals surface area contributed by atoms with Gasteiger partial charge in [0, 0.05) is 13.0 Å². The minimum absolute atomic E-state index is 0.0626. The predicted octanol–water partition coefficient (Wildman–Crippen LogP) is 5.16. The maximum atomic E-state index is 11.5. The molecule has 4 nitrogen and oxygen atoms in total. The van der Waals surface area contributed by atoms with Gasteiger partial charge in [0.15, 0.2) is 0 Å². The molecule has 0 bridgehead atoms. The van der Waals surface area contributed by atoms with Crippen LogP contribution >= 0.6 is 0 Å². The molecule has 0 aliphatic heterocycles. The zero-order valence-corrected chi connectivity index (χ0v) is 18.1. The van der Waals surface area contributed by atoms with Crippen molar-refractivity contribution >= 4 is 5.91 Å². The highest BCUT2D eigenvalue weighted by Crippen LogP contribution is 2.04. The Balaban J connectivity index is 3.47. The molecule has 4 heteroatoms. The van der Waals surface area contributed by atoms with E-state index in [0.717, 1.165) is 57.8 Å². The van der Waals surface area contributed by atoms with Crippen LogP contribution < -0.4 is 5.32 Å². The summed E-state index contributed by atoms with van der Waals surface area (Å²) in [6, 6.07) is 0. The largest absolute Gasteiger partial charge is 0.394 e. The number of carbonyl (C=O) groups excluding carboxylic acids is 1. The minimum Gasteiger partial charge on any atom is -0.394 e. The molecular formula is C25H41NO3. The van der Waals surface area contributed by atoms with E-state index in [-0.39, 0.29) is 19.1 Å². The summed E-state index contributed by atoms with van der Waals surface area (Å²) in [5.74, 6) is -0.0626. The molecule has 0 fully saturated rings. The van der Waals surface area contributed by atoms with Crippen LogP contribution in [-0.4, -0.2) is 35.4 Å². The van der Waals surface area contributed by atoms with Crippen molar-refractivity contribution in [2.75, 3.05) is 13.2 Å². The number of nitrogens with one attached hydrogen (secondary N) is 1. The molecule has 0 aromatic rings. The molecule has 0 radical (unpaired) electrons. The first kappa shape index (κ1) is 27.1. The van der Waals surface area contributed by atoms with Gasteiger partial charge in [-0.2, -0.15) is 0 Å². The molecule has 0 aromatic heterocycles. The molecule has 29 heavy (non-hydrogen) atoms. The van der Waals surface area contributed by atoms with Crippen LogP contribution in [0.15, 0.2) is 60.8 Å². The Morgan fingerprint density at radius 3 is 1.83 bits per heavy atom. The maximum absolute atomic E-state index is 11.5. The second kappa shape index (κ2) is 22.4. The summed E-state index contributed by atoms with van der Waals surface area (Å²) in [4.78, 5) is 11.5. The predicted molar refractivity (Wildman–Crippen MR) is 124 cm³/mol. The van der Waals surface area contributed by atoms with Crippen molar-refractivity contribution in [2.24, 2.45) is 0 Å². The first-order chi connectivity index (χ1) is 14.2. The molecule has 0 aliphatic carbocycles. The standard InChI is InChI=1S/C25H41NO3/c1-2-3-4-5-6-7-8-9-10-11-12-13-14-15-16-17-18-19-20-21-25(29)26-22-24(28)23-27/h3-4,6-7,9-10,12-13,15-16,24,27-28H,2,5,8,11,14,17-23H2,1H3,(H,26,29)/b4-3-,7-6-,10-9-,13-12-,16-15-/t24-/m0/s1. The topological polar surface area (TPSA) is 69.6 Å². The number of allylic oxidation sites excluding steroid dienone is 10. The van der Waals surface area contributed by atoms with Crippen LogP contribution in [0, 0.1) is 0 Å². The van der Waals surface area contributed by atoms with E-state index < -0.39 is 6.10 Å². The third-order valence-electron chi connectivity index (χ3n) is 4.18. The molecule has 0 heterocycles. The minimum atomic E-state index is -0.866. The van der Waals surface area contributed by atoms with E-state index in [9.17, 15) is 4.79 Å². The van der Waals surface area contributed by atoms with Crippen LogP contribution in [-0.2, 0) is 4.79 Å². The lowest BCUT2D eigenvalue weighted by Gasteiger charge is -2.08. The van der Waals surface area contributed by atoms with Crippen LogP contribution in [0.25, 0.3) is 0 Å². The van der Waals surface area contributed by atoms with E-state index in [4.69, 9.17) is 10.2 Å². The van der Waals surface area contributed by atoms with Crippen molar-refractivity contribution in [3.05, 3.63) is 60.8 Å². The fraction of sp³-hybridized carbons (Fsp3) is 0.560. The first-order valence-corrected chi connectivity index (χ1v) is 11.0. The summed E-state index contributed by atoms with van der Waals surface area (Å²) in [5.41, 5.74) is 0. The van der Waals surface area contributed by atoms with E-state index in [1.807, 2.05) is 0 Å². The zero-order chi connectivity index (χ0) is 21.4. The van der Waals surface area contributed by atoms with E-state index in [0.29, 0.717) is 6.42 Å². The van der Waals surface area contributed by atoms with Crippen LogP contribution in [0.2, 0.25) is 0 Å². The van der Waals surface area contributed by atoms with Gasteiger partial charge in [-0.05, 0) is 51.4 Å². The molecule has 0 aliphatic rings. The van der Waals surface area contributed by atoms with Gasteiger partial charge in [-0.25, -0.2) is 0 Å². The van der Waals surface area contributed by atoms with Gasteiger partial charge < -0.3 is 15.5 Å². The van der Waals surface area contributed by atoms with Crippen molar-refractivity contribution in [3.63, 3.8) is 0 Å². The highest BCUT2D eigenvalue weighted by atomic mass is 16.3. The van der Waals surface area contributed by atoms with E-state index >= 15 is 0 Å². The Kier molecular flexibility index (Phi) is 20.9. The number of unbranched alkanes of at least 4 members (excludes halogenated alkanes) is 3. The number of aliphatic hydroxyl groups is 2. The van der Waals surface area contributed by atoms with Gasteiger partial charge in [-0.15, -0.1) is 0 Å². The third kappa shape index (κ3) is 22.2. The lowest BCUT2D eigenvalue weighted by atomic mass is 10.1. The Bertz CT molecular complexity index is 518. The second-order valence-electron chi connectivity index (χ2n) is 6.95.